The van der Waals surface area contributed by atoms with Gasteiger partial charge in [-0.05, 0) is 30.3 Å². The smallest absolute Gasteiger partial charge is 0.0715 e. The molecule has 0 aliphatic carbocycles. The summed E-state index contributed by atoms with van der Waals surface area (Å²) in [5.41, 5.74) is 3.02. The lowest BCUT2D eigenvalue weighted by Crippen LogP contribution is -1.86. The van der Waals surface area contributed by atoms with E-state index in [1.54, 1.807) is 12.3 Å². The standard InChI is InChI=1S/C14H9N2/c1-2-6-13-11(5-1)12(8-10-16-13)14-7-3-4-9-15-14/h1-2,4-10H. The number of aromatic nitrogens is 2. The van der Waals surface area contributed by atoms with Crippen LogP contribution in [0.3, 0.4) is 0 Å². The summed E-state index contributed by atoms with van der Waals surface area (Å²) in [6, 6.07) is 16.8. The van der Waals surface area contributed by atoms with Crippen molar-refractivity contribution in [2.75, 3.05) is 0 Å². The molecule has 0 spiro atoms. The molecule has 0 amide bonds. The minimum atomic E-state index is 0.932. The Morgan fingerprint density at radius 2 is 1.88 bits per heavy atom. The maximum atomic E-state index is 4.34. The molecule has 2 aromatic heterocycles. The van der Waals surface area contributed by atoms with Gasteiger partial charge in [-0.1, -0.05) is 18.2 Å². The van der Waals surface area contributed by atoms with Crippen LogP contribution in [0.15, 0.2) is 54.9 Å². The average molecular weight is 205 g/mol. The summed E-state index contributed by atoms with van der Waals surface area (Å²) in [7, 11) is 0. The van der Waals surface area contributed by atoms with Crippen LogP contribution < -0.4 is 0 Å². The summed E-state index contributed by atoms with van der Waals surface area (Å²) in [5, 5.41) is 1.12. The first-order valence-corrected chi connectivity index (χ1v) is 5.11. The van der Waals surface area contributed by atoms with E-state index in [1.807, 2.05) is 36.5 Å². The minimum Gasteiger partial charge on any atom is -0.256 e. The second-order valence-corrected chi connectivity index (χ2v) is 3.52. The Labute approximate surface area is 93.6 Å². The zero-order valence-corrected chi connectivity index (χ0v) is 8.59. The van der Waals surface area contributed by atoms with Gasteiger partial charge in [0.05, 0.1) is 11.2 Å². The number of para-hydroxylation sites is 1. The van der Waals surface area contributed by atoms with Crippen molar-refractivity contribution in [1.29, 1.82) is 0 Å². The zero-order chi connectivity index (χ0) is 10.8. The van der Waals surface area contributed by atoms with Crippen molar-refractivity contribution in [1.82, 2.24) is 9.97 Å². The van der Waals surface area contributed by atoms with Gasteiger partial charge in [-0.25, -0.2) is 0 Å². The predicted octanol–water partition coefficient (Wildman–Crippen LogP) is 3.10. The number of fused-ring (bicyclic) bond motifs is 1. The van der Waals surface area contributed by atoms with Crippen molar-refractivity contribution in [2.45, 2.75) is 0 Å². The molecule has 0 N–H and O–H groups in total. The maximum Gasteiger partial charge on any atom is 0.0715 e. The zero-order valence-electron chi connectivity index (χ0n) is 8.59. The molecule has 2 heteroatoms. The van der Waals surface area contributed by atoms with Gasteiger partial charge in [-0.2, -0.15) is 0 Å². The molecule has 0 atom stereocenters. The summed E-state index contributed by atoms with van der Waals surface area (Å²) >= 11 is 0. The normalized spacial score (nSPS) is 10.5. The quantitative estimate of drug-likeness (QED) is 0.610. The first-order chi connectivity index (χ1) is 7.95. The van der Waals surface area contributed by atoms with E-state index in [0.717, 1.165) is 22.2 Å². The predicted molar refractivity (Wildman–Crippen MR) is 63.8 cm³/mol. The lowest BCUT2D eigenvalue weighted by molar-refractivity contribution is 1.32. The monoisotopic (exact) mass is 205 g/mol. The fraction of sp³-hybridized carbons (Fsp3) is 0. The first kappa shape index (κ1) is 9.04. The minimum absolute atomic E-state index is 0.932. The Morgan fingerprint density at radius 3 is 2.75 bits per heavy atom. The second kappa shape index (κ2) is 3.74. The van der Waals surface area contributed by atoms with Crippen LogP contribution in [0.1, 0.15) is 0 Å². The third-order valence-electron chi connectivity index (χ3n) is 2.53. The molecule has 3 aromatic rings. The number of benzene rings is 1. The Kier molecular flexibility index (Phi) is 2.11. The largest absolute Gasteiger partial charge is 0.256 e. The van der Waals surface area contributed by atoms with E-state index in [4.69, 9.17) is 0 Å². The van der Waals surface area contributed by atoms with E-state index in [9.17, 15) is 0 Å². The summed E-state index contributed by atoms with van der Waals surface area (Å²) < 4.78 is 0. The molecular weight excluding hydrogens is 196 g/mol. The van der Waals surface area contributed by atoms with Crippen LogP contribution in [-0.4, -0.2) is 9.97 Å². The van der Waals surface area contributed by atoms with Crippen molar-refractivity contribution >= 4 is 10.9 Å². The van der Waals surface area contributed by atoms with Gasteiger partial charge < -0.3 is 0 Å². The Hall–Kier alpha value is -2.22. The van der Waals surface area contributed by atoms with E-state index in [-0.39, 0.29) is 0 Å². The lowest BCUT2D eigenvalue weighted by atomic mass is 10.1. The average Bonchev–Trinajstić information content (AvgIpc) is 2.39. The molecular formula is C14H9N2. The number of rotatable bonds is 1. The van der Waals surface area contributed by atoms with Gasteiger partial charge in [0.25, 0.3) is 0 Å². The molecule has 0 fully saturated rings. The van der Waals surface area contributed by atoms with Crippen molar-refractivity contribution < 1.29 is 0 Å². The third kappa shape index (κ3) is 1.44. The third-order valence-corrected chi connectivity index (χ3v) is 2.53. The number of pyridine rings is 2. The van der Waals surface area contributed by atoms with Crippen LogP contribution in [-0.2, 0) is 0 Å². The van der Waals surface area contributed by atoms with Gasteiger partial charge in [-0.3, -0.25) is 9.97 Å². The molecule has 0 saturated heterocycles. The van der Waals surface area contributed by atoms with E-state index in [2.05, 4.69) is 22.1 Å². The SMILES string of the molecule is [c]1ccnc(-c2ccnc3ccccc23)c1. The molecule has 2 nitrogen and oxygen atoms in total. The highest BCUT2D eigenvalue weighted by Crippen LogP contribution is 2.24. The van der Waals surface area contributed by atoms with Gasteiger partial charge in [0.2, 0.25) is 0 Å². The van der Waals surface area contributed by atoms with Crippen molar-refractivity contribution in [2.24, 2.45) is 0 Å². The van der Waals surface area contributed by atoms with Crippen LogP contribution in [0.25, 0.3) is 22.2 Å². The molecule has 0 aliphatic rings. The highest BCUT2D eigenvalue weighted by atomic mass is 14.7. The summed E-state index contributed by atoms with van der Waals surface area (Å²) in [6.45, 7) is 0. The Bertz CT molecular complexity index is 612. The van der Waals surface area contributed by atoms with E-state index in [0.29, 0.717) is 0 Å². The Balaban J connectivity index is 2.32. The first-order valence-electron chi connectivity index (χ1n) is 5.11. The van der Waals surface area contributed by atoms with E-state index >= 15 is 0 Å². The molecule has 1 aromatic carbocycles. The summed E-state index contributed by atoms with van der Waals surface area (Å²) in [5.74, 6) is 0. The molecule has 2 heterocycles. The molecule has 3 rings (SSSR count). The number of hydrogen-bond acceptors (Lipinski definition) is 2. The molecule has 0 bridgehead atoms. The van der Waals surface area contributed by atoms with Crippen LogP contribution in [0.2, 0.25) is 0 Å². The van der Waals surface area contributed by atoms with Crippen molar-refractivity contribution in [3.8, 4) is 11.3 Å². The van der Waals surface area contributed by atoms with Gasteiger partial charge in [0.1, 0.15) is 0 Å². The van der Waals surface area contributed by atoms with Gasteiger partial charge in [0, 0.05) is 23.3 Å². The fourth-order valence-corrected chi connectivity index (χ4v) is 1.79. The number of nitrogens with zero attached hydrogens (tertiary/aromatic N) is 2. The number of hydrogen-bond donors (Lipinski definition) is 0. The van der Waals surface area contributed by atoms with Gasteiger partial charge in [-0.15, -0.1) is 0 Å². The highest BCUT2D eigenvalue weighted by molar-refractivity contribution is 5.93. The van der Waals surface area contributed by atoms with Gasteiger partial charge >= 0.3 is 0 Å². The van der Waals surface area contributed by atoms with Crippen LogP contribution >= 0.6 is 0 Å². The molecule has 0 aliphatic heterocycles. The van der Waals surface area contributed by atoms with Crippen molar-refractivity contribution in [3.63, 3.8) is 0 Å². The lowest BCUT2D eigenvalue weighted by Gasteiger charge is -2.04. The highest BCUT2D eigenvalue weighted by Gasteiger charge is 2.03. The summed E-state index contributed by atoms with van der Waals surface area (Å²) in [6.07, 6.45) is 3.57. The van der Waals surface area contributed by atoms with Crippen LogP contribution in [0.4, 0.5) is 0 Å². The van der Waals surface area contributed by atoms with Gasteiger partial charge in [0.15, 0.2) is 0 Å². The molecule has 75 valence electrons. The molecule has 0 saturated carbocycles. The maximum absolute atomic E-state index is 4.34. The molecule has 1 radical (unpaired) electrons. The second-order valence-electron chi connectivity index (χ2n) is 3.52. The van der Waals surface area contributed by atoms with E-state index in [1.165, 1.54) is 0 Å². The topological polar surface area (TPSA) is 25.8 Å². The fourth-order valence-electron chi connectivity index (χ4n) is 1.79. The van der Waals surface area contributed by atoms with Crippen molar-refractivity contribution in [3.05, 3.63) is 60.9 Å². The Morgan fingerprint density at radius 1 is 0.938 bits per heavy atom. The summed E-state index contributed by atoms with van der Waals surface area (Å²) in [4.78, 5) is 8.67. The van der Waals surface area contributed by atoms with Crippen LogP contribution in [0.5, 0.6) is 0 Å². The van der Waals surface area contributed by atoms with E-state index < -0.39 is 0 Å². The molecule has 0 unspecified atom stereocenters. The molecule has 16 heavy (non-hydrogen) atoms. The van der Waals surface area contributed by atoms with Crippen LogP contribution in [0, 0.1) is 6.07 Å².